The van der Waals surface area contributed by atoms with Gasteiger partial charge in [-0.2, -0.15) is 4.98 Å². The topological polar surface area (TPSA) is 51.4 Å². The van der Waals surface area contributed by atoms with E-state index in [1.54, 1.807) is 0 Å². The summed E-state index contributed by atoms with van der Waals surface area (Å²) in [6.07, 6.45) is 0. The largest absolute Gasteiger partial charge is 0.379 e. The van der Waals surface area contributed by atoms with Gasteiger partial charge >= 0.3 is 0 Å². The fourth-order valence-electron chi connectivity index (χ4n) is 2.09. The van der Waals surface area contributed by atoms with Crippen LogP contribution in [0.5, 0.6) is 0 Å². The molecule has 0 saturated carbocycles. The number of benzene rings is 1. The standard InChI is InChI=1S/C14H17N3O2/c1-11-2-4-12(5-3-11)14-15-13(19-16-14)10-17-6-8-18-9-7-17/h2-5H,6-10H2,1H3. The molecule has 0 spiro atoms. The smallest absolute Gasteiger partial charge is 0.241 e. The first-order valence-corrected chi connectivity index (χ1v) is 6.51. The molecule has 1 aromatic heterocycles. The molecule has 0 bridgehead atoms. The van der Waals surface area contributed by atoms with Crippen LogP contribution >= 0.6 is 0 Å². The Kier molecular flexibility index (Phi) is 3.57. The first kappa shape index (κ1) is 12.3. The molecule has 100 valence electrons. The van der Waals surface area contributed by atoms with Crippen LogP contribution in [0.25, 0.3) is 11.4 Å². The second-order valence-corrected chi connectivity index (χ2v) is 4.77. The summed E-state index contributed by atoms with van der Waals surface area (Å²) in [5.74, 6) is 1.32. The molecule has 2 aromatic rings. The number of hydrogen-bond donors (Lipinski definition) is 0. The SMILES string of the molecule is Cc1ccc(-c2noc(CN3CCOCC3)n2)cc1. The predicted molar refractivity (Wildman–Crippen MR) is 70.6 cm³/mol. The van der Waals surface area contributed by atoms with Crippen LogP contribution in [0.15, 0.2) is 28.8 Å². The van der Waals surface area contributed by atoms with E-state index in [1.165, 1.54) is 5.56 Å². The van der Waals surface area contributed by atoms with Gasteiger partial charge in [-0.3, -0.25) is 4.90 Å². The number of nitrogens with zero attached hydrogens (tertiary/aromatic N) is 3. The van der Waals surface area contributed by atoms with E-state index >= 15 is 0 Å². The average Bonchev–Trinajstić information content (AvgIpc) is 2.89. The Balaban J connectivity index is 1.70. The van der Waals surface area contributed by atoms with Gasteiger partial charge in [0.05, 0.1) is 19.8 Å². The van der Waals surface area contributed by atoms with Crippen LogP contribution in [-0.2, 0) is 11.3 Å². The molecule has 2 heterocycles. The number of aromatic nitrogens is 2. The Morgan fingerprint density at radius 2 is 1.89 bits per heavy atom. The summed E-state index contributed by atoms with van der Waals surface area (Å²) >= 11 is 0. The highest BCUT2D eigenvalue weighted by molar-refractivity contribution is 5.54. The van der Waals surface area contributed by atoms with Crippen molar-refractivity contribution in [3.8, 4) is 11.4 Å². The third-order valence-electron chi connectivity index (χ3n) is 3.24. The molecular formula is C14H17N3O2. The van der Waals surface area contributed by atoms with Gasteiger partial charge in [-0.25, -0.2) is 0 Å². The highest BCUT2D eigenvalue weighted by atomic mass is 16.5. The van der Waals surface area contributed by atoms with Gasteiger partial charge in [0, 0.05) is 18.7 Å². The van der Waals surface area contributed by atoms with Gasteiger partial charge in [0.1, 0.15) is 0 Å². The van der Waals surface area contributed by atoms with E-state index in [9.17, 15) is 0 Å². The summed E-state index contributed by atoms with van der Waals surface area (Å²) in [4.78, 5) is 6.70. The lowest BCUT2D eigenvalue weighted by atomic mass is 10.1. The maximum absolute atomic E-state index is 5.31. The molecule has 3 rings (SSSR count). The van der Waals surface area contributed by atoms with Gasteiger partial charge in [0.25, 0.3) is 0 Å². The summed E-state index contributed by atoms with van der Waals surface area (Å²) in [5, 5.41) is 4.04. The van der Waals surface area contributed by atoms with E-state index in [1.807, 2.05) is 24.3 Å². The van der Waals surface area contributed by atoms with Gasteiger partial charge in [-0.1, -0.05) is 35.0 Å². The molecule has 0 radical (unpaired) electrons. The number of hydrogen-bond acceptors (Lipinski definition) is 5. The third-order valence-corrected chi connectivity index (χ3v) is 3.24. The molecule has 0 unspecified atom stereocenters. The maximum atomic E-state index is 5.31. The molecule has 19 heavy (non-hydrogen) atoms. The van der Waals surface area contributed by atoms with Crippen molar-refractivity contribution in [2.45, 2.75) is 13.5 Å². The van der Waals surface area contributed by atoms with E-state index in [0.717, 1.165) is 31.9 Å². The predicted octanol–water partition coefficient (Wildman–Crippen LogP) is 1.88. The van der Waals surface area contributed by atoms with E-state index in [0.29, 0.717) is 18.3 Å². The molecule has 0 amide bonds. The Morgan fingerprint density at radius 1 is 1.16 bits per heavy atom. The average molecular weight is 259 g/mol. The van der Waals surface area contributed by atoms with Crippen LogP contribution in [0.4, 0.5) is 0 Å². The van der Waals surface area contributed by atoms with Crippen molar-refractivity contribution in [2.24, 2.45) is 0 Å². The van der Waals surface area contributed by atoms with E-state index in [2.05, 4.69) is 22.0 Å². The summed E-state index contributed by atoms with van der Waals surface area (Å²) in [6.45, 7) is 6.15. The van der Waals surface area contributed by atoms with E-state index < -0.39 is 0 Å². The zero-order valence-electron chi connectivity index (χ0n) is 11.0. The lowest BCUT2D eigenvalue weighted by Crippen LogP contribution is -2.35. The molecular weight excluding hydrogens is 242 g/mol. The lowest BCUT2D eigenvalue weighted by molar-refractivity contribution is 0.0297. The summed E-state index contributed by atoms with van der Waals surface area (Å²) in [6, 6.07) is 8.12. The molecule has 5 heteroatoms. The number of rotatable bonds is 3. The Hall–Kier alpha value is -1.72. The molecule has 1 aromatic carbocycles. The Bertz CT molecular complexity index is 530. The fraction of sp³-hybridized carbons (Fsp3) is 0.429. The van der Waals surface area contributed by atoms with Crippen molar-refractivity contribution in [1.82, 2.24) is 15.0 Å². The highest BCUT2D eigenvalue weighted by Gasteiger charge is 2.15. The van der Waals surface area contributed by atoms with Gasteiger partial charge in [-0.05, 0) is 6.92 Å². The zero-order chi connectivity index (χ0) is 13.1. The second-order valence-electron chi connectivity index (χ2n) is 4.77. The van der Waals surface area contributed by atoms with Crippen LogP contribution in [-0.4, -0.2) is 41.3 Å². The first-order valence-electron chi connectivity index (χ1n) is 6.51. The number of aryl methyl sites for hydroxylation is 1. The monoisotopic (exact) mass is 259 g/mol. The van der Waals surface area contributed by atoms with Crippen molar-refractivity contribution in [1.29, 1.82) is 0 Å². The quantitative estimate of drug-likeness (QED) is 0.842. The molecule has 0 N–H and O–H groups in total. The first-order chi connectivity index (χ1) is 9.31. The maximum Gasteiger partial charge on any atom is 0.241 e. The van der Waals surface area contributed by atoms with Gasteiger partial charge in [0.15, 0.2) is 0 Å². The Labute approximate surface area is 112 Å². The van der Waals surface area contributed by atoms with Crippen molar-refractivity contribution in [3.63, 3.8) is 0 Å². The molecule has 1 aliphatic rings. The van der Waals surface area contributed by atoms with Crippen molar-refractivity contribution >= 4 is 0 Å². The van der Waals surface area contributed by atoms with E-state index in [-0.39, 0.29) is 0 Å². The minimum absolute atomic E-state index is 0.656. The molecule has 0 atom stereocenters. The molecule has 0 aliphatic carbocycles. The van der Waals surface area contributed by atoms with E-state index in [4.69, 9.17) is 9.26 Å². The fourth-order valence-corrected chi connectivity index (χ4v) is 2.09. The highest BCUT2D eigenvalue weighted by Crippen LogP contribution is 2.17. The normalized spacial score (nSPS) is 16.7. The van der Waals surface area contributed by atoms with Crippen molar-refractivity contribution in [2.75, 3.05) is 26.3 Å². The lowest BCUT2D eigenvalue weighted by Gasteiger charge is -2.24. The summed E-state index contributed by atoms with van der Waals surface area (Å²) in [7, 11) is 0. The molecule has 1 aliphatic heterocycles. The van der Waals surface area contributed by atoms with Gasteiger partial charge in [-0.15, -0.1) is 0 Å². The molecule has 1 saturated heterocycles. The van der Waals surface area contributed by atoms with Crippen molar-refractivity contribution in [3.05, 3.63) is 35.7 Å². The summed E-state index contributed by atoms with van der Waals surface area (Å²) in [5.41, 5.74) is 2.21. The minimum atomic E-state index is 0.656. The minimum Gasteiger partial charge on any atom is -0.379 e. The van der Waals surface area contributed by atoms with Crippen LogP contribution in [0, 0.1) is 6.92 Å². The number of morpholine rings is 1. The molecule has 5 nitrogen and oxygen atoms in total. The summed E-state index contributed by atoms with van der Waals surface area (Å²) < 4.78 is 10.6. The van der Waals surface area contributed by atoms with Crippen LogP contribution in [0.1, 0.15) is 11.5 Å². The number of ether oxygens (including phenoxy) is 1. The van der Waals surface area contributed by atoms with Crippen molar-refractivity contribution < 1.29 is 9.26 Å². The van der Waals surface area contributed by atoms with Crippen LogP contribution in [0.3, 0.4) is 0 Å². The van der Waals surface area contributed by atoms with Gasteiger partial charge < -0.3 is 9.26 Å². The third kappa shape index (κ3) is 3.00. The van der Waals surface area contributed by atoms with Gasteiger partial charge in [0.2, 0.25) is 11.7 Å². The zero-order valence-corrected chi connectivity index (χ0v) is 11.0. The molecule has 1 fully saturated rings. The second kappa shape index (κ2) is 5.50. The Morgan fingerprint density at radius 3 is 2.63 bits per heavy atom. The van der Waals surface area contributed by atoms with Crippen LogP contribution in [0.2, 0.25) is 0 Å². The van der Waals surface area contributed by atoms with Crippen LogP contribution < -0.4 is 0 Å².